The molecule has 1 aromatic carbocycles. The van der Waals surface area contributed by atoms with Gasteiger partial charge in [0, 0.05) is 18.2 Å². The summed E-state index contributed by atoms with van der Waals surface area (Å²) < 4.78 is 0. The molecule has 0 spiro atoms. The molecule has 0 saturated heterocycles. The predicted molar refractivity (Wildman–Crippen MR) is 83.0 cm³/mol. The number of rotatable bonds is 5. The molecule has 0 heterocycles. The molecule has 0 fully saturated rings. The van der Waals surface area contributed by atoms with Crippen molar-refractivity contribution in [1.82, 2.24) is 5.32 Å². The molecule has 4 N–H and O–H groups in total. The topological polar surface area (TPSA) is 84.2 Å². The van der Waals surface area contributed by atoms with Gasteiger partial charge in [0.25, 0.3) is 0 Å². The molecule has 5 nitrogen and oxygen atoms in total. The van der Waals surface area contributed by atoms with Gasteiger partial charge in [-0.2, -0.15) is 0 Å². The van der Waals surface area contributed by atoms with Crippen molar-refractivity contribution in [3.05, 3.63) is 29.3 Å². The zero-order valence-corrected chi connectivity index (χ0v) is 12.8. The largest absolute Gasteiger partial charge is 0.347 e. The molecule has 0 aliphatic carbocycles. The van der Waals surface area contributed by atoms with Crippen molar-refractivity contribution in [3.8, 4) is 0 Å². The molecule has 0 radical (unpaired) electrons. The van der Waals surface area contributed by atoms with Crippen molar-refractivity contribution in [2.24, 2.45) is 11.7 Å². The minimum absolute atomic E-state index is 0. The zero-order valence-electron chi connectivity index (χ0n) is 12.0. The van der Waals surface area contributed by atoms with Gasteiger partial charge in [-0.25, -0.2) is 0 Å². The molecule has 112 valence electrons. The van der Waals surface area contributed by atoms with E-state index in [2.05, 4.69) is 10.6 Å². The minimum atomic E-state index is -0.284. The standard InChI is InChI=1S/C14H21N3O2.ClH/c1-9-5-4-6-10(2)13(9)17-12(18)8-16-14(19)11(3)7-15;/h4-6,11H,7-8,15H2,1-3H3,(H,16,19)(H,17,18);1H. The minimum Gasteiger partial charge on any atom is -0.347 e. The van der Waals surface area contributed by atoms with E-state index >= 15 is 0 Å². The molecule has 0 bridgehead atoms. The first-order valence-electron chi connectivity index (χ1n) is 6.29. The molecule has 1 atom stereocenters. The molecule has 1 unspecified atom stereocenters. The number of aryl methyl sites for hydroxylation is 2. The Hall–Kier alpha value is -1.59. The first-order chi connectivity index (χ1) is 8.95. The van der Waals surface area contributed by atoms with Crippen molar-refractivity contribution in [2.45, 2.75) is 20.8 Å². The van der Waals surface area contributed by atoms with Crippen LogP contribution in [0.3, 0.4) is 0 Å². The Morgan fingerprint density at radius 2 is 1.80 bits per heavy atom. The summed E-state index contributed by atoms with van der Waals surface area (Å²) in [6.45, 7) is 5.80. The number of halogens is 1. The average Bonchev–Trinajstić information content (AvgIpc) is 2.39. The van der Waals surface area contributed by atoms with Crippen LogP contribution in [-0.4, -0.2) is 24.9 Å². The molecule has 6 heteroatoms. The van der Waals surface area contributed by atoms with E-state index in [-0.39, 0.29) is 43.2 Å². The number of nitrogens with two attached hydrogens (primary N) is 1. The van der Waals surface area contributed by atoms with E-state index in [1.54, 1.807) is 6.92 Å². The third kappa shape index (κ3) is 5.19. The van der Waals surface area contributed by atoms with Gasteiger partial charge in [-0.1, -0.05) is 25.1 Å². The van der Waals surface area contributed by atoms with Crippen LogP contribution < -0.4 is 16.4 Å². The van der Waals surface area contributed by atoms with E-state index in [1.807, 2.05) is 32.0 Å². The highest BCUT2D eigenvalue weighted by Crippen LogP contribution is 2.18. The van der Waals surface area contributed by atoms with Gasteiger partial charge < -0.3 is 16.4 Å². The van der Waals surface area contributed by atoms with Crippen molar-refractivity contribution in [1.29, 1.82) is 0 Å². The maximum Gasteiger partial charge on any atom is 0.243 e. The van der Waals surface area contributed by atoms with Crippen LogP contribution in [-0.2, 0) is 9.59 Å². The van der Waals surface area contributed by atoms with E-state index < -0.39 is 0 Å². The van der Waals surface area contributed by atoms with Crippen LogP contribution in [0.15, 0.2) is 18.2 Å². The van der Waals surface area contributed by atoms with Gasteiger partial charge in [0.2, 0.25) is 11.8 Å². The molecule has 2 amide bonds. The maximum absolute atomic E-state index is 11.8. The summed E-state index contributed by atoms with van der Waals surface area (Å²) in [6, 6.07) is 5.79. The molecule has 0 saturated carbocycles. The van der Waals surface area contributed by atoms with Gasteiger partial charge in [-0.05, 0) is 25.0 Å². The second-order valence-corrected chi connectivity index (χ2v) is 4.67. The van der Waals surface area contributed by atoms with Crippen LogP contribution in [0.5, 0.6) is 0 Å². The molecule has 0 aliphatic rings. The lowest BCUT2D eigenvalue weighted by Gasteiger charge is -2.13. The molecule has 1 rings (SSSR count). The number of anilines is 1. The fourth-order valence-electron chi connectivity index (χ4n) is 1.64. The van der Waals surface area contributed by atoms with Gasteiger partial charge in [-0.15, -0.1) is 12.4 Å². The van der Waals surface area contributed by atoms with Gasteiger partial charge in [-0.3, -0.25) is 9.59 Å². The van der Waals surface area contributed by atoms with Crippen LogP contribution >= 0.6 is 12.4 Å². The van der Waals surface area contributed by atoms with Crippen LogP contribution in [0.25, 0.3) is 0 Å². The van der Waals surface area contributed by atoms with Gasteiger partial charge in [0.15, 0.2) is 0 Å². The summed E-state index contributed by atoms with van der Waals surface area (Å²) >= 11 is 0. The average molecular weight is 300 g/mol. The maximum atomic E-state index is 11.8. The molecular weight excluding hydrogens is 278 g/mol. The number of hydrogen-bond acceptors (Lipinski definition) is 3. The summed E-state index contributed by atoms with van der Waals surface area (Å²) in [7, 11) is 0. The third-order valence-corrected chi connectivity index (χ3v) is 2.97. The first kappa shape index (κ1) is 18.4. The van der Waals surface area contributed by atoms with Crippen molar-refractivity contribution < 1.29 is 9.59 Å². The Morgan fingerprint density at radius 3 is 2.30 bits per heavy atom. The number of carbonyl (C=O) groups excluding carboxylic acids is 2. The van der Waals surface area contributed by atoms with Gasteiger partial charge in [0.1, 0.15) is 0 Å². The fourth-order valence-corrected chi connectivity index (χ4v) is 1.64. The lowest BCUT2D eigenvalue weighted by Crippen LogP contribution is -2.38. The lowest BCUT2D eigenvalue weighted by molar-refractivity contribution is -0.126. The van der Waals surface area contributed by atoms with Gasteiger partial charge >= 0.3 is 0 Å². The highest BCUT2D eigenvalue weighted by Gasteiger charge is 2.12. The Kier molecular flexibility index (Phi) is 7.87. The van der Waals surface area contributed by atoms with Crippen molar-refractivity contribution in [3.63, 3.8) is 0 Å². The highest BCUT2D eigenvalue weighted by atomic mass is 35.5. The van der Waals surface area contributed by atoms with E-state index in [0.717, 1.165) is 16.8 Å². The van der Waals surface area contributed by atoms with Crippen LogP contribution in [0.1, 0.15) is 18.1 Å². The Morgan fingerprint density at radius 1 is 1.25 bits per heavy atom. The summed E-state index contributed by atoms with van der Waals surface area (Å²) in [5, 5.41) is 5.37. The number of hydrogen-bond donors (Lipinski definition) is 3. The van der Waals surface area contributed by atoms with Crippen molar-refractivity contribution in [2.75, 3.05) is 18.4 Å². The Labute approximate surface area is 125 Å². The number of benzene rings is 1. The van der Waals surface area contributed by atoms with E-state index in [9.17, 15) is 9.59 Å². The highest BCUT2D eigenvalue weighted by molar-refractivity contribution is 5.95. The van der Waals surface area contributed by atoms with E-state index in [1.165, 1.54) is 0 Å². The zero-order chi connectivity index (χ0) is 14.4. The van der Waals surface area contributed by atoms with Crippen molar-refractivity contribution >= 4 is 29.9 Å². The second kappa shape index (κ2) is 8.55. The summed E-state index contributed by atoms with van der Waals surface area (Å²) in [4.78, 5) is 23.3. The number of amides is 2. The Bertz CT molecular complexity index is 457. The quantitative estimate of drug-likeness (QED) is 0.768. The molecular formula is C14H22ClN3O2. The van der Waals surface area contributed by atoms with E-state index in [4.69, 9.17) is 5.73 Å². The second-order valence-electron chi connectivity index (χ2n) is 4.67. The fraction of sp³-hybridized carbons (Fsp3) is 0.429. The number of nitrogens with one attached hydrogen (secondary N) is 2. The molecule has 0 aliphatic heterocycles. The smallest absolute Gasteiger partial charge is 0.243 e. The monoisotopic (exact) mass is 299 g/mol. The van der Waals surface area contributed by atoms with Crippen LogP contribution in [0.2, 0.25) is 0 Å². The Balaban J connectivity index is 0.00000361. The molecule has 20 heavy (non-hydrogen) atoms. The SMILES string of the molecule is Cc1cccc(C)c1NC(=O)CNC(=O)C(C)CN.Cl. The van der Waals surface area contributed by atoms with E-state index in [0.29, 0.717) is 0 Å². The third-order valence-electron chi connectivity index (χ3n) is 2.97. The van der Waals surface area contributed by atoms with Gasteiger partial charge in [0.05, 0.1) is 6.54 Å². The number of carbonyl (C=O) groups is 2. The lowest BCUT2D eigenvalue weighted by atomic mass is 10.1. The number of para-hydroxylation sites is 1. The van der Waals surface area contributed by atoms with Crippen LogP contribution in [0, 0.1) is 19.8 Å². The molecule has 1 aromatic rings. The summed E-state index contributed by atoms with van der Waals surface area (Å²) in [6.07, 6.45) is 0. The summed E-state index contributed by atoms with van der Waals surface area (Å²) in [5.74, 6) is -0.734. The normalized spacial score (nSPS) is 11.2. The van der Waals surface area contributed by atoms with Crippen LogP contribution in [0.4, 0.5) is 5.69 Å². The molecule has 0 aromatic heterocycles. The summed E-state index contributed by atoms with van der Waals surface area (Å²) in [5.41, 5.74) is 8.17. The predicted octanol–water partition coefficient (Wildman–Crippen LogP) is 1.37. The first-order valence-corrected chi connectivity index (χ1v) is 6.29.